The van der Waals surface area contributed by atoms with Crippen LogP contribution in [0.25, 0.3) is 0 Å². The van der Waals surface area contributed by atoms with Crippen LogP contribution in [0, 0.1) is 12.8 Å². The zero-order valence-corrected chi connectivity index (χ0v) is 12.9. The van der Waals surface area contributed by atoms with Gasteiger partial charge in [0, 0.05) is 19.4 Å². The van der Waals surface area contributed by atoms with Gasteiger partial charge < -0.3 is 4.74 Å². The highest BCUT2D eigenvalue weighted by Gasteiger charge is 2.47. The van der Waals surface area contributed by atoms with Gasteiger partial charge in [0.25, 0.3) is 0 Å². The average molecular weight is 336 g/mol. The Balaban J connectivity index is 1.61. The first kappa shape index (κ1) is 15.8. The number of aryl methyl sites for hydroxylation is 1. The minimum atomic E-state index is -3.64. The first-order valence-electron chi connectivity index (χ1n) is 7.12. The predicted molar refractivity (Wildman–Crippen MR) is 72.8 cm³/mol. The minimum Gasteiger partial charge on any atom is -0.368 e. The number of aromatic nitrogens is 3. The molecule has 1 aromatic heterocycles. The van der Waals surface area contributed by atoms with Crippen LogP contribution in [0.5, 0.6) is 0 Å². The number of hydrogen-bond donors (Lipinski definition) is 2. The topological polar surface area (TPSA) is 97.0 Å². The Morgan fingerprint density at radius 2 is 2.18 bits per heavy atom. The van der Waals surface area contributed by atoms with E-state index in [-0.39, 0.29) is 18.6 Å². The van der Waals surface area contributed by atoms with Gasteiger partial charge in [0.15, 0.2) is 5.82 Å². The number of ether oxygens (including phenoxy) is 1. The van der Waals surface area contributed by atoms with Crippen LogP contribution in [0.2, 0.25) is 0 Å². The maximum Gasteiger partial charge on any atom is 0.248 e. The molecule has 0 radical (unpaired) electrons. The van der Waals surface area contributed by atoms with Crippen LogP contribution < -0.4 is 4.72 Å². The lowest BCUT2D eigenvalue weighted by Crippen LogP contribution is -2.44. The van der Waals surface area contributed by atoms with Gasteiger partial charge >= 0.3 is 0 Å². The molecule has 2 aliphatic rings. The van der Waals surface area contributed by atoms with Crippen LogP contribution in [-0.2, 0) is 14.8 Å². The SMILES string of the molecule is Cc1nc([C@@H]2OCC[C@@H]2NS(=O)(=O)CC2CC(F)(F)C2)n[nH]1. The summed E-state index contributed by atoms with van der Waals surface area (Å²) in [6.45, 7) is 2.13. The third kappa shape index (κ3) is 3.44. The number of alkyl halides is 2. The molecule has 1 aromatic rings. The summed E-state index contributed by atoms with van der Waals surface area (Å²) in [5, 5.41) is 6.68. The number of aromatic amines is 1. The molecule has 1 aliphatic heterocycles. The molecule has 1 saturated heterocycles. The molecule has 2 atom stereocenters. The van der Waals surface area contributed by atoms with E-state index in [1.807, 2.05) is 0 Å². The van der Waals surface area contributed by atoms with E-state index in [0.29, 0.717) is 24.7 Å². The monoisotopic (exact) mass is 336 g/mol. The van der Waals surface area contributed by atoms with Crippen molar-refractivity contribution in [3.63, 3.8) is 0 Å². The molecule has 0 bridgehead atoms. The quantitative estimate of drug-likeness (QED) is 0.833. The number of halogens is 2. The standard InChI is InChI=1S/C12H18F2N4O3S/c1-7-15-11(17-16-7)10-9(2-3-21-10)18-22(19,20)6-8-4-12(13,14)5-8/h8-10,18H,2-6H2,1H3,(H,15,16,17)/t9-,10+/m0/s1. The van der Waals surface area contributed by atoms with Gasteiger partial charge in [0.1, 0.15) is 11.9 Å². The zero-order chi connectivity index (χ0) is 16.0. The smallest absolute Gasteiger partial charge is 0.248 e. The molecule has 7 nitrogen and oxygen atoms in total. The molecule has 1 aliphatic carbocycles. The maximum atomic E-state index is 12.8. The molecule has 0 aromatic carbocycles. The number of H-pyrrole nitrogens is 1. The van der Waals surface area contributed by atoms with Crippen molar-refractivity contribution in [2.24, 2.45) is 5.92 Å². The number of hydrogen-bond acceptors (Lipinski definition) is 5. The van der Waals surface area contributed by atoms with Crippen LogP contribution >= 0.6 is 0 Å². The van der Waals surface area contributed by atoms with E-state index in [1.165, 1.54) is 0 Å². The summed E-state index contributed by atoms with van der Waals surface area (Å²) >= 11 is 0. The second-order valence-electron chi connectivity index (χ2n) is 6.00. The normalized spacial score (nSPS) is 28.7. The first-order chi connectivity index (χ1) is 10.2. The van der Waals surface area contributed by atoms with E-state index < -0.39 is 34.0 Å². The second kappa shape index (κ2) is 5.50. The Morgan fingerprint density at radius 1 is 1.45 bits per heavy atom. The third-order valence-electron chi connectivity index (χ3n) is 3.92. The third-order valence-corrected chi connectivity index (χ3v) is 5.49. The highest BCUT2D eigenvalue weighted by atomic mass is 32.2. The zero-order valence-electron chi connectivity index (χ0n) is 12.1. The summed E-state index contributed by atoms with van der Waals surface area (Å²) in [6, 6.07) is -0.471. The van der Waals surface area contributed by atoms with Crippen LogP contribution in [0.15, 0.2) is 0 Å². The van der Waals surface area contributed by atoms with Crippen LogP contribution in [0.4, 0.5) is 8.78 Å². The summed E-state index contributed by atoms with van der Waals surface area (Å²) in [4.78, 5) is 4.15. The largest absolute Gasteiger partial charge is 0.368 e. The molecular formula is C12H18F2N4O3S. The van der Waals surface area contributed by atoms with Crippen molar-refractivity contribution in [1.82, 2.24) is 19.9 Å². The number of nitrogens with zero attached hydrogens (tertiary/aromatic N) is 2. The maximum absolute atomic E-state index is 12.8. The van der Waals surface area contributed by atoms with E-state index in [9.17, 15) is 17.2 Å². The summed E-state index contributed by atoms with van der Waals surface area (Å²) in [7, 11) is -3.64. The molecule has 0 spiro atoms. The van der Waals surface area contributed by atoms with E-state index in [2.05, 4.69) is 19.9 Å². The lowest BCUT2D eigenvalue weighted by Gasteiger charge is -2.34. The van der Waals surface area contributed by atoms with Gasteiger partial charge in [0.05, 0.1) is 11.8 Å². The van der Waals surface area contributed by atoms with Crippen molar-refractivity contribution in [1.29, 1.82) is 0 Å². The van der Waals surface area contributed by atoms with Crippen molar-refractivity contribution in [2.75, 3.05) is 12.4 Å². The van der Waals surface area contributed by atoms with Gasteiger partial charge in [-0.15, -0.1) is 0 Å². The molecule has 2 fully saturated rings. The van der Waals surface area contributed by atoms with Crippen molar-refractivity contribution in [2.45, 2.75) is 44.3 Å². The summed E-state index contributed by atoms with van der Waals surface area (Å²) < 4.78 is 57.9. The molecule has 1 saturated carbocycles. The van der Waals surface area contributed by atoms with Crippen LogP contribution in [0.3, 0.4) is 0 Å². The van der Waals surface area contributed by atoms with Gasteiger partial charge in [-0.05, 0) is 19.3 Å². The molecule has 0 amide bonds. The molecule has 2 N–H and O–H groups in total. The molecule has 0 unspecified atom stereocenters. The Morgan fingerprint density at radius 3 is 2.77 bits per heavy atom. The molecule has 124 valence electrons. The fourth-order valence-corrected chi connectivity index (χ4v) is 4.60. The van der Waals surface area contributed by atoms with Crippen molar-refractivity contribution in [3.05, 3.63) is 11.6 Å². The minimum absolute atomic E-state index is 0.279. The van der Waals surface area contributed by atoms with Gasteiger partial charge in [0.2, 0.25) is 15.9 Å². The Kier molecular flexibility index (Phi) is 3.94. The van der Waals surface area contributed by atoms with E-state index in [0.717, 1.165) is 0 Å². The van der Waals surface area contributed by atoms with Crippen molar-refractivity contribution < 1.29 is 21.9 Å². The molecule has 22 heavy (non-hydrogen) atoms. The summed E-state index contributed by atoms with van der Waals surface area (Å²) in [5.74, 6) is -2.46. The second-order valence-corrected chi connectivity index (χ2v) is 7.79. The van der Waals surface area contributed by atoms with Crippen molar-refractivity contribution in [3.8, 4) is 0 Å². The lowest BCUT2D eigenvalue weighted by molar-refractivity contribution is -0.103. The fourth-order valence-electron chi connectivity index (χ4n) is 2.94. The van der Waals surface area contributed by atoms with Gasteiger partial charge in [-0.1, -0.05) is 0 Å². The van der Waals surface area contributed by atoms with Crippen molar-refractivity contribution >= 4 is 10.0 Å². The summed E-state index contributed by atoms with van der Waals surface area (Å²) in [6.07, 6.45) is -0.780. The van der Waals surface area contributed by atoms with Crippen LogP contribution in [0.1, 0.15) is 37.0 Å². The van der Waals surface area contributed by atoms with E-state index >= 15 is 0 Å². The first-order valence-corrected chi connectivity index (χ1v) is 8.78. The Labute approximate surface area is 126 Å². The van der Waals surface area contributed by atoms with Crippen LogP contribution in [-0.4, -0.2) is 47.9 Å². The van der Waals surface area contributed by atoms with Gasteiger partial charge in [-0.25, -0.2) is 26.9 Å². The van der Waals surface area contributed by atoms with Gasteiger partial charge in [-0.2, -0.15) is 5.10 Å². The molecular weight excluding hydrogens is 318 g/mol. The lowest BCUT2D eigenvalue weighted by atomic mass is 9.83. The summed E-state index contributed by atoms with van der Waals surface area (Å²) in [5.41, 5.74) is 0. The van der Waals surface area contributed by atoms with E-state index in [4.69, 9.17) is 4.74 Å². The molecule has 3 rings (SSSR count). The van der Waals surface area contributed by atoms with E-state index in [1.54, 1.807) is 6.92 Å². The molecule has 10 heteroatoms. The highest BCUT2D eigenvalue weighted by molar-refractivity contribution is 7.89. The number of nitrogens with one attached hydrogen (secondary N) is 2. The predicted octanol–water partition coefficient (Wildman–Crippen LogP) is 0.908. The molecule has 2 heterocycles. The Bertz CT molecular complexity index is 641. The Hall–Kier alpha value is -1.13. The fraction of sp³-hybridized carbons (Fsp3) is 0.833. The average Bonchev–Trinajstić information content (AvgIpc) is 2.94. The number of rotatable bonds is 5. The highest BCUT2D eigenvalue weighted by Crippen LogP contribution is 2.43. The number of sulfonamides is 1. The van der Waals surface area contributed by atoms with Gasteiger partial charge in [-0.3, -0.25) is 5.10 Å².